The van der Waals surface area contributed by atoms with Crippen molar-refractivity contribution in [1.82, 2.24) is 19.7 Å². The fraction of sp³-hybridized carbons (Fsp3) is 0.533. The quantitative estimate of drug-likeness (QED) is 0.842. The summed E-state index contributed by atoms with van der Waals surface area (Å²) in [7, 11) is 0. The van der Waals surface area contributed by atoms with Gasteiger partial charge in [-0.05, 0) is 32.3 Å². The first-order valence-corrected chi connectivity index (χ1v) is 7.51. The van der Waals surface area contributed by atoms with Crippen LogP contribution in [0.2, 0.25) is 0 Å². The van der Waals surface area contributed by atoms with Gasteiger partial charge in [-0.3, -0.25) is 4.68 Å². The van der Waals surface area contributed by atoms with Crippen LogP contribution in [0.1, 0.15) is 25.0 Å². The van der Waals surface area contributed by atoms with Gasteiger partial charge >= 0.3 is 0 Å². The smallest absolute Gasteiger partial charge is 0.218 e. The van der Waals surface area contributed by atoms with Crippen LogP contribution < -0.4 is 9.64 Å². The Balaban J connectivity index is 1.57. The van der Waals surface area contributed by atoms with E-state index in [-0.39, 0.29) is 0 Å². The van der Waals surface area contributed by atoms with Gasteiger partial charge < -0.3 is 9.64 Å². The van der Waals surface area contributed by atoms with Crippen LogP contribution in [0.3, 0.4) is 0 Å². The van der Waals surface area contributed by atoms with Gasteiger partial charge in [0.25, 0.3) is 0 Å². The van der Waals surface area contributed by atoms with Crippen molar-refractivity contribution in [3.8, 4) is 5.88 Å². The van der Waals surface area contributed by atoms with Gasteiger partial charge in [-0.15, -0.1) is 0 Å². The molecule has 1 saturated heterocycles. The van der Waals surface area contributed by atoms with Gasteiger partial charge in [0.2, 0.25) is 5.88 Å². The van der Waals surface area contributed by atoms with Crippen molar-refractivity contribution in [1.29, 1.82) is 0 Å². The molecule has 0 saturated carbocycles. The molecule has 2 aromatic rings. The Morgan fingerprint density at radius 3 is 2.81 bits per heavy atom. The summed E-state index contributed by atoms with van der Waals surface area (Å²) in [5.41, 5.74) is 1.13. The third-order valence-corrected chi connectivity index (χ3v) is 3.79. The summed E-state index contributed by atoms with van der Waals surface area (Å²) in [5.74, 6) is 1.60. The van der Waals surface area contributed by atoms with Gasteiger partial charge in [-0.1, -0.05) is 0 Å². The lowest BCUT2D eigenvalue weighted by Gasteiger charge is -2.27. The number of aryl methyl sites for hydroxylation is 1. The molecule has 2 aromatic heterocycles. The van der Waals surface area contributed by atoms with Crippen molar-refractivity contribution >= 4 is 5.82 Å². The lowest BCUT2D eigenvalue weighted by atomic mass is 10.1. The molecule has 0 spiro atoms. The van der Waals surface area contributed by atoms with Crippen LogP contribution in [-0.4, -0.2) is 39.4 Å². The molecule has 3 heterocycles. The van der Waals surface area contributed by atoms with E-state index in [4.69, 9.17) is 4.74 Å². The molecule has 3 rings (SSSR count). The van der Waals surface area contributed by atoms with Crippen molar-refractivity contribution in [2.75, 3.05) is 24.6 Å². The van der Waals surface area contributed by atoms with Crippen molar-refractivity contribution < 1.29 is 4.74 Å². The predicted molar refractivity (Wildman–Crippen MR) is 80.6 cm³/mol. The summed E-state index contributed by atoms with van der Waals surface area (Å²) >= 11 is 0. The van der Waals surface area contributed by atoms with E-state index in [0.29, 0.717) is 12.5 Å². The summed E-state index contributed by atoms with van der Waals surface area (Å²) in [6.07, 6.45) is 7.17. The summed E-state index contributed by atoms with van der Waals surface area (Å²) in [6.45, 7) is 5.46. The maximum Gasteiger partial charge on any atom is 0.218 e. The molecule has 0 N–H and O–H groups in total. The van der Waals surface area contributed by atoms with Gasteiger partial charge in [-0.25, -0.2) is 9.97 Å². The molecule has 112 valence electrons. The highest BCUT2D eigenvalue weighted by Crippen LogP contribution is 2.20. The zero-order valence-electron chi connectivity index (χ0n) is 12.4. The number of rotatable bonds is 5. The number of aromatic nitrogens is 4. The van der Waals surface area contributed by atoms with Gasteiger partial charge in [0.05, 0.1) is 6.54 Å². The Kier molecular flexibility index (Phi) is 4.33. The molecule has 1 aliphatic heterocycles. The second-order valence-electron chi connectivity index (χ2n) is 5.31. The summed E-state index contributed by atoms with van der Waals surface area (Å²) in [6, 6.07) is 3.92. The van der Waals surface area contributed by atoms with E-state index in [0.717, 1.165) is 31.1 Å². The second kappa shape index (κ2) is 6.56. The first kappa shape index (κ1) is 13.9. The van der Waals surface area contributed by atoms with Gasteiger partial charge in [0.1, 0.15) is 18.8 Å². The van der Waals surface area contributed by atoms with Gasteiger partial charge in [-0.2, -0.15) is 5.10 Å². The molecule has 0 bridgehead atoms. The standard InChI is InChI=1S/C15H21N5O/c1-13-5-6-18-20(13)9-10-21-15-11-14(16-12-17-15)19-7-3-2-4-8-19/h5-6,11-12H,2-4,7-10H2,1H3. The Hall–Kier alpha value is -2.11. The van der Waals surface area contributed by atoms with Crippen LogP contribution in [0.4, 0.5) is 5.82 Å². The minimum absolute atomic E-state index is 0.555. The number of hydrogen-bond acceptors (Lipinski definition) is 5. The van der Waals surface area contributed by atoms with E-state index in [1.54, 1.807) is 12.5 Å². The Morgan fingerprint density at radius 1 is 1.19 bits per heavy atom. The molecule has 0 aliphatic carbocycles. The number of ether oxygens (including phenoxy) is 1. The van der Waals surface area contributed by atoms with Crippen LogP contribution in [0.5, 0.6) is 5.88 Å². The van der Waals surface area contributed by atoms with Crippen LogP contribution in [0.15, 0.2) is 24.7 Å². The molecular formula is C15H21N5O. The number of nitrogens with zero attached hydrogens (tertiary/aromatic N) is 5. The summed E-state index contributed by atoms with van der Waals surface area (Å²) < 4.78 is 7.65. The van der Waals surface area contributed by atoms with E-state index in [1.165, 1.54) is 19.3 Å². The first-order valence-electron chi connectivity index (χ1n) is 7.51. The van der Waals surface area contributed by atoms with Crippen molar-refractivity contribution in [2.45, 2.75) is 32.7 Å². The van der Waals surface area contributed by atoms with Crippen LogP contribution >= 0.6 is 0 Å². The molecule has 0 aromatic carbocycles. The number of anilines is 1. The highest BCUT2D eigenvalue weighted by atomic mass is 16.5. The lowest BCUT2D eigenvalue weighted by molar-refractivity contribution is 0.279. The number of piperidine rings is 1. The highest BCUT2D eigenvalue weighted by molar-refractivity contribution is 5.40. The van der Waals surface area contributed by atoms with Crippen molar-refractivity contribution in [3.05, 3.63) is 30.4 Å². The maximum atomic E-state index is 5.73. The van der Waals surface area contributed by atoms with E-state index in [2.05, 4.69) is 20.0 Å². The molecule has 6 nitrogen and oxygen atoms in total. The minimum atomic E-state index is 0.555. The molecule has 1 aliphatic rings. The highest BCUT2D eigenvalue weighted by Gasteiger charge is 2.13. The van der Waals surface area contributed by atoms with Crippen LogP contribution in [0, 0.1) is 6.92 Å². The molecule has 1 fully saturated rings. The van der Waals surface area contributed by atoms with E-state index >= 15 is 0 Å². The number of hydrogen-bond donors (Lipinski definition) is 0. The molecule has 0 atom stereocenters. The third-order valence-electron chi connectivity index (χ3n) is 3.79. The van der Waals surface area contributed by atoms with Gasteiger partial charge in [0.15, 0.2) is 0 Å². The Bertz CT molecular complexity index is 577. The topological polar surface area (TPSA) is 56.1 Å². The second-order valence-corrected chi connectivity index (χ2v) is 5.31. The van der Waals surface area contributed by atoms with Crippen LogP contribution in [-0.2, 0) is 6.54 Å². The molecule has 0 unspecified atom stereocenters. The average Bonchev–Trinajstić information content (AvgIpc) is 2.94. The molecule has 6 heteroatoms. The predicted octanol–water partition coefficient (Wildman–Crippen LogP) is 2.05. The maximum absolute atomic E-state index is 5.73. The van der Waals surface area contributed by atoms with E-state index in [9.17, 15) is 0 Å². The molecule has 0 radical (unpaired) electrons. The largest absolute Gasteiger partial charge is 0.476 e. The molecule has 0 amide bonds. The average molecular weight is 287 g/mol. The van der Waals surface area contributed by atoms with Gasteiger partial charge in [0, 0.05) is 31.0 Å². The Labute approximate surface area is 124 Å². The first-order chi connectivity index (χ1) is 10.3. The molecule has 21 heavy (non-hydrogen) atoms. The minimum Gasteiger partial charge on any atom is -0.476 e. The van der Waals surface area contributed by atoms with Crippen molar-refractivity contribution in [2.24, 2.45) is 0 Å². The lowest BCUT2D eigenvalue weighted by Crippen LogP contribution is -2.30. The van der Waals surface area contributed by atoms with Crippen LogP contribution in [0.25, 0.3) is 0 Å². The summed E-state index contributed by atoms with van der Waals surface area (Å²) in [5, 5.41) is 4.23. The Morgan fingerprint density at radius 2 is 2.05 bits per heavy atom. The summed E-state index contributed by atoms with van der Waals surface area (Å²) in [4.78, 5) is 10.8. The fourth-order valence-electron chi connectivity index (χ4n) is 2.57. The fourth-order valence-corrected chi connectivity index (χ4v) is 2.57. The zero-order chi connectivity index (χ0) is 14.5. The van der Waals surface area contributed by atoms with E-state index in [1.807, 2.05) is 23.7 Å². The SMILES string of the molecule is Cc1ccnn1CCOc1cc(N2CCCCC2)ncn1. The monoisotopic (exact) mass is 287 g/mol. The zero-order valence-corrected chi connectivity index (χ0v) is 12.4. The van der Waals surface area contributed by atoms with Crippen molar-refractivity contribution in [3.63, 3.8) is 0 Å². The third kappa shape index (κ3) is 3.51. The van der Waals surface area contributed by atoms with E-state index < -0.39 is 0 Å². The molecular weight excluding hydrogens is 266 g/mol. The normalized spacial score (nSPS) is 15.2.